The summed E-state index contributed by atoms with van der Waals surface area (Å²) in [4.78, 5) is 0. The number of anilines is 1. The Morgan fingerprint density at radius 1 is 1.50 bits per heavy atom. The lowest BCUT2D eigenvalue weighted by Gasteiger charge is -2.00. The molecule has 0 heterocycles. The summed E-state index contributed by atoms with van der Waals surface area (Å²) in [5.41, 5.74) is 8.51. The van der Waals surface area contributed by atoms with E-state index in [1.54, 1.807) is 0 Å². The lowest BCUT2D eigenvalue weighted by molar-refractivity contribution is 1.44. The number of nitrogen functional groups attached to an aromatic ring is 1. The van der Waals surface area contributed by atoms with Crippen LogP contribution in [0.4, 0.5) is 5.69 Å². The predicted molar refractivity (Wildman–Crippen MR) is 56.3 cm³/mol. The molecule has 0 saturated carbocycles. The van der Waals surface area contributed by atoms with Gasteiger partial charge in [0.05, 0.1) is 11.3 Å². The van der Waals surface area contributed by atoms with Gasteiger partial charge >= 0.3 is 0 Å². The summed E-state index contributed by atoms with van der Waals surface area (Å²) < 4.78 is 0. The van der Waals surface area contributed by atoms with Crippen LogP contribution < -0.4 is 5.73 Å². The molecule has 0 aromatic heterocycles. The van der Waals surface area contributed by atoms with Crippen LogP contribution in [0.1, 0.15) is 11.1 Å². The zero-order chi connectivity index (χ0) is 8.97. The number of benzene rings is 1. The number of hydrogen-bond donors (Lipinski definition) is 2. The van der Waals surface area contributed by atoms with E-state index in [2.05, 4.69) is 24.5 Å². The largest absolute Gasteiger partial charge is 0.398 e. The maximum absolute atomic E-state index is 5.73. The van der Waals surface area contributed by atoms with E-state index in [9.17, 15) is 0 Å². The Bertz CT molecular complexity index is 313. The van der Waals surface area contributed by atoms with Crippen LogP contribution in [0.3, 0.4) is 0 Å². The van der Waals surface area contributed by atoms with Crippen molar-refractivity contribution < 1.29 is 0 Å². The minimum Gasteiger partial charge on any atom is -0.398 e. The van der Waals surface area contributed by atoms with Gasteiger partial charge in [0.1, 0.15) is 0 Å². The van der Waals surface area contributed by atoms with Gasteiger partial charge in [0.15, 0.2) is 0 Å². The standard InChI is InChI=1S/C10H11NS/c1-8-4-2-6-10(11)9(8)5-3-7-12/h2,4,6,12H,7,11H2,1H3. The van der Waals surface area contributed by atoms with Crippen molar-refractivity contribution in [2.45, 2.75) is 6.92 Å². The van der Waals surface area contributed by atoms with Gasteiger partial charge in [0, 0.05) is 5.69 Å². The third-order valence-corrected chi connectivity index (χ3v) is 1.76. The Hall–Kier alpha value is -1.07. The Morgan fingerprint density at radius 3 is 2.83 bits per heavy atom. The first-order chi connectivity index (χ1) is 5.75. The molecular formula is C10H11NS. The van der Waals surface area contributed by atoms with Crippen LogP contribution in [-0.2, 0) is 0 Å². The molecule has 2 heteroatoms. The molecule has 1 aromatic rings. The molecule has 2 N–H and O–H groups in total. The van der Waals surface area contributed by atoms with E-state index in [1.807, 2.05) is 25.1 Å². The Balaban J connectivity index is 3.13. The van der Waals surface area contributed by atoms with Gasteiger partial charge in [-0.15, -0.1) is 0 Å². The van der Waals surface area contributed by atoms with Crippen LogP contribution in [0, 0.1) is 18.8 Å². The second kappa shape index (κ2) is 4.08. The minimum absolute atomic E-state index is 0.563. The van der Waals surface area contributed by atoms with E-state index in [0.29, 0.717) is 5.75 Å². The highest BCUT2D eigenvalue weighted by molar-refractivity contribution is 7.80. The van der Waals surface area contributed by atoms with Gasteiger partial charge in [-0.25, -0.2) is 0 Å². The molecule has 1 nitrogen and oxygen atoms in total. The van der Waals surface area contributed by atoms with Gasteiger partial charge in [-0.05, 0) is 18.6 Å². The quantitative estimate of drug-likeness (QED) is 0.353. The second-order valence-electron chi connectivity index (χ2n) is 2.50. The first-order valence-electron chi connectivity index (χ1n) is 3.70. The fraction of sp³-hybridized carbons (Fsp3) is 0.200. The van der Waals surface area contributed by atoms with Crippen molar-refractivity contribution in [3.8, 4) is 11.8 Å². The van der Waals surface area contributed by atoms with Crippen molar-refractivity contribution in [3.63, 3.8) is 0 Å². The minimum atomic E-state index is 0.563. The summed E-state index contributed by atoms with van der Waals surface area (Å²) in [5, 5.41) is 0. The molecular weight excluding hydrogens is 166 g/mol. The molecule has 0 aliphatic heterocycles. The number of nitrogens with two attached hydrogens (primary N) is 1. The SMILES string of the molecule is Cc1cccc(N)c1C#CCS. The first kappa shape index (κ1) is 9.02. The first-order valence-corrected chi connectivity index (χ1v) is 4.33. The third-order valence-electron chi connectivity index (χ3n) is 1.60. The summed E-state index contributed by atoms with van der Waals surface area (Å²) in [7, 11) is 0. The normalized spacial score (nSPS) is 8.83. The highest BCUT2D eigenvalue weighted by atomic mass is 32.1. The molecule has 12 heavy (non-hydrogen) atoms. The average Bonchev–Trinajstić information content (AvgIpc) is 2.04. The summed E-state index contributed by atoms with van der Waals surface area (Å²) in [6, 6.07) is 5.78. The number of aryl methyl sites for hydroxylation is 1. The summed E-state index contributed by atoms with van der Waals surface area (Å²) in [6.07, 6.45) is 0. The third kappa shape index (κ3) is 1.96. The van der Waals surface area contributed by atoms with Crippen molar-refractivity contribution in [1.29, 1.82) is 0 Å². The molecule has 0 radical (unpaired) electrons. The Morgan fingerprint density at radius 2 is 2.25 bits per heavy atom. The average molecular weight is 177 g/mol. The van der Waals surface area contributed by atoms with E-state index < -0.39 is 0 Å². The predicted octanol–water partition coefficient (Wildman–Crippen LogP) is 1.86. The van der Waals surface area contributed by atoms with Gasteiger partial charge in [-0.1, -0.05) is 24.0 Å². The van der Waals surface area contributed by atoms with E-state index in [-0.39, 0.29) is 0 Å². The Labute approximate surface area is 78.4 Å². The topological polar surface area (TPSA) is 26.0 Å². The summed E-state index contributed by atoms with van der Waals surface area (Å²) in [5.74, 6) is 6.42. The molecule has 0 aliphatic carbocycles. The molecule has 62 valence electrons. The molecule has 1 rings (SSSR count). The van der Waals surface area contributed by atoms with Gasteiger partial charge in [-0.2, -0.15) is 12.6 Å². The van der Waals surface area contributed by atoms with Gasteiger partial charge in [-0.3, -0.25) is 0 Å². The number of hydrogen-bond acceptors (Lipinski definition) is 2. The molecule has 0 fully saturated rings. The van der Waals surface area contributed by atoms with Crippen LogP contribution >= 0.6 is 12.6 Å². The van der Waals surface area contributed by atoms with Gasteiger partial charge < -0.3 is 5.73 Å². The van der Waals surface area contributed by atoms with Crippen molar-refractivity contribution in [1.82, 2.24) is 0 Å². The molecule has 0 unspecified atom stereocenters. The number of rotatable bonds is 0. The molecule has 0 bridgehead atoms. The van der Waals surface area contributed by atoms with Crippen molar-refractivity contribution >= 4 is 18.3 Å². The zero-order valence-corrected chi connectivity index (χ0v) is 7.86. The van der Waals surface area contributed by atoms with E-state index in [1.165, 1.54) is 0 Å². The molecule has 0 spiro atoms. The number of thiol groups is 1. The van der Waals surface area contributed by atoms with Crippen LogP contribution in [0.15, 0.2) is 18.2 Å². The molecule has 0 aliphatic rings. The highest BCUT2D eigenvalue weighted by Gasteiger charge is 1.96. The maximum atomic E-state index is 5.73. The van der Waals surface area contributed by atoms with Gasteiger partial charge in [0.2, 0.25) is 0 Å². The fourth-order valence-corrected chi connectivity index (χ4v) is 1.07. The smallest absolute Gasteiger partial charge is 0.0521 e. The van der Waals surface area contributed by atoms with Crippen molar-refractivity contribution in [3.05, 3.63) is 29.3 Å². The molecule has 1 aromatic carbocycles. The molecule has 0 saturated heterocycles. The van der Waals surface area contributed by atoms with Crippen LogP contribution in [-0.4, -0.2) is 5.75 Å². The van der Waals surface area contributed by atoms with Crippen LogP contribution in [0.25, 0.3) is 0 Å². The molecule has 0 amide bonds. The van der Waals surface area contributed by atoms with Crippen LogP contribution in [0.2, 0.25) is 0 Å². The monoisotopic (exact) mass is 177 g/mol. The highest BCUT2D eigenvalue weighted by Crippen LogP contribution is 2.14. The maximum Gasteiger partial charge on any atom is 0.0521 e. The van der Waals surface area contributed by atoms with E-state index in [4.69, 9.17) is 5.73 Å². The zero-order valence-electron chi connectivity index (χ0n) is 6.96. The van der Waals surface area contributed by atoms with E-state index >= 15 is 0 Å². The molecule has 0 atom stereocenters. The second-order valence-corrected chi connectivity index (χ2v) is 2.82. The van der Waals surface area contributed by atoms with Crippen molar-refractivity contribution in [2.75, 3.05) is 11.5 Å². The fourth-order valence-electron chi connectivity index (χ4n) is 0.989. The Kier molecular flexibility index (Phi) is 3.07. The van der Waals surface area contributed by atoms with Crippen LogP contribution in [0.5, 0.6) is 0 Å². The summed E-state index contributed by atoms with van der Waals surface area (Å²) >= 11 is 4.00. The lowest BCUT2D eigenvalue weighted by Crippen LogP contribution is -1.92. The van der Waals surface area contributed by atoms with E-state index in [0.717, 1.165) is 16.8 Å². The van der Waals surface area contributed by atoms with Crippen molar-refractivity contribution in [2.24, 2.45) is 0 Å². The summed E-state index contributed by atoms with van der Waals surface area (Å²) in [6.45, 7) is 2.00. The lowest BCUT2D eigenvalue weighted by atomic mass is 10.1. The van der Waals surface area contributed by atoms with Gasteiger partial charge in [0.25, 0.3) is 0 Å².